The van der Waals surface area contributed by atoms with Gasteiger partial charge in [0, 0.05) is 0 Å². The molecular formula is C17H23FO3. The second-order valence-corrected chi connectivity index (χ2v) is 6.44. The van der Waals surface area contributed by atoms with Crippen LogP contribution in [0.25, 0.3) is 0 Å². The lowest BCUT2D eigenvalue weighted by atomic mass is 9.76. The van der Waals surface area contributed by atoms with Crippen molar-refractivity contribution in [2.24, 2.45) is 5.41 Å². The van der Waals surface area contributed by atoms with Crippen molar-refractivity contribution in [1.29, 1.82) is 0 Å². The monoisotopic (exact) mass is 294 g/mol. The van der Waals surface area contributed by atoms with Crippen LogP contribution >= 0.6 is 0 Å². The van der Waals surface area contributed by atoms with E-state index in [1.807, 2.05) is 0 Å². The lowest BCUT2D eigenvalue weighted by Gasteiger charge is -2.34. The molecule has 21 heavy (non-hydrogen) atoms. The summed E-state index contributed by atoms with van der Waals surface area (Å²) in [4.78, 5) is 12.2. The zero-order chi connectivity index (χ0) is 15.5. The zero-order valence-electron chi connectivity index (χ0n) is 12.9. The van der Waals surface area contributed by atoms with Crippen molar-refractivity contribution in [1.82, 2.24) is 0 Å². The maximum Gasteiger partial charge on any atom is 0.192 e. The fourth-order valence-electron chi connectivity index (χ4n) is 2.71. The predicted octanol–water partition coefficient (Wildman–Crippen LogP) is 4.00. The second-order valence-electron chi connectivity index (χ2n) is 6.44. The number of hydrogen-bond acceptors (Lipinski definition) is 3. The minimum atomic E-state index is -0.446. The molecule has 0 heterocycles. The van der Waals surface area contributed by atoms with Gasteiger partial charge in [0.25, 0.3) is 0 Å². The molecule has 0 unspecified atom stereocenters. The van der Waals surface area contributed by atoms with Crippen molar-refractivity contribution < 1.29 is 18.7 Å². The van der Waals surface area contributed by atoms with Crippen molar-refractivity contribution >= 4 is 5.78 Å². The number of ketones is 1. The minimum absolute atomic E-state index is 0.0229. The number of methoxy groups -OCH3 is 1. The number of carbonyl (C=O) groups excluding carboxylic acids is 1. The maximum absolute atomic E-state index is 13.3. The van der Waals surface area contributed by atoms with Gasteiger partial charge in [0.15, 0.2) is 5.78 Å². The molecule has 0 aromatic heterocycles. The molecule has 0 atom stereocenters. The summed E-state index contributed by atoms with van der Waals surface area (Å²) in [5, 5.41) is 0. The highest BCUT2D eigenvalue weighted by atomic mass is 19.1. The summed E-state index contributed by atoms with van der Waals surface area (Å²) in [5.41, 5.74) is 0.615. The van der Waals surface area contributed by atoms with Gasteiger partial charge in [0.1, 0.15) is 18.2 Å². The molecule has 0 amide bonds. The molecule has 1 aliphatic carbocycles. The Bertz CT molecular complexity index is 501. The quantitative estimate of drug-likeness (QED) is 0.770. The minimum Gasteiger partial charge on any atom is -0.496 e. The van der Waals surface area contributed by atoms with E-state index in [1.54, 1.807) is 0 Å². The molecule has 0 N–H and O–H groups in total. The van der Waals surface area contributed by atoms with Crippen LogP contribution in [0.15, 0.2) is 18.2 Å². The molecule has 1 fully saturated rings. The molecular weight excluding hydrogens is 271 g/mol. The molecule has 3 nitrogen and oxygen atoms in total. The number of ether oxygens (including phenoxy) is 2. The Hall–Kier alpha value is -1.42. The number of Topliss-reactive ketones (excluding diaryl/α,β-unsaturated/α-hetero) is 1. The van der Waals surface area contributed by atoms with Gasteiger partial charge >= 0.3 is 0 Å². The number of halogens is 1. The third-order valence-electron chi connectivity index (χ3n) is 4.20. The SMILES string of the molecule is COc1ccc(F)cc1C(=O)COC1CCC(C)(C)CC1. The van der Waals surface area contributed by atoms with Crippen molar-refractivity contribution in [3.05, 3.63) is 29.6 Å². The van der Waals surface area contributed by atoms with E-state index in [9.17, 15) is 9.18 Å². The lowest BCUT2D eigenvalue weighted by molar-refractivity contribution is 0.00852. The van der Waals surface area contributed by atoms with Crippen LogP contribution in [0.5, 0.6) is 5.75 Å². The first-order chi connectivity index (χ1) is 9.91. The largest absolute Gasteiger partial charge is 0.496 e. The second kappa shape index (κ2) is 6.56. The smallest absolute Gasteiger partial charge is 0.192 e. The van der Waals surface area contributed by atoms with Crippen molar-refractivity contribution in [3.63, 3.8) is 0 Å². The van der Waals surface area contributed by atoms with Gasteiger partial charge in [-0.3, -0.25) is 4.79 Å². The van der Waals surface area contributed by atoms with Crippen LogP contribution in [0.3, 0.4) is 0 Å². The van der Waals surface area contributed by atoms with E-state index in [0.717, 1.165) is 25.7 Å². The standard InChI is InChI=1S/C17H23FO3/c1-17(2)8-6-13(7-9-17)21-11-15(19)14-10-12(18)4-5-16(14)20-3/h4-5,10,13H,6-9,11H2,1-3H3. The molecule has 0 spiro atoms. The molecule has 4 heteroatoms. The van der Waals surface area contributed by atoms with E-state index >= 15 is 0 Å². The van der Waals surface area contributed by atoms with Gasteiger partial charge in [-0.15, -0.1) is 0 Å². The van der Waals surface area contributed by atoms with Crippen LogP contribution in [0, 0.1) is 11.2 Å². The number of benzene rings is 1. The van der Waals surface area contributed by atoms with Gasteiger partial charge in [0.2, 0.25) is 0 Å². The Morgan fingerprint density at radius 3 is 2.62 bits per heavy atom. The van der Waals surface area contributed by atoms with E-state index in [0.29, 0.717) is 11.2 Å². The first-order valence-corrected chi connectivity index (χ1v) is 7.40. The average molecular weight is 294 g/mol. The van der Waals surface area contributed by atoms with Gasteiger partial charge in [-0.2, -0.15) is 0 Å². The van der Waals surface area contributed by atoms with Crippen LogP contribution in [0.2, 0.25) is 0 Å². The lowest BCUT2D eigenvalue weighted by Crippen LogP contribution is -2.28. The average Bonchev–Trinajstić information content (AvgIpc) is 2.45. The van der Waals surface area contributed by atoms with Crippen LogP contribution in [-0.4, -0.2) is 25.6 Å². The highest BCUT2D eigenvalue weighted by Gasteiger charge is 2.27. The highest BCUT2D eigenvalue weighted by molar-refractivity contribution is 5.99. The van der Waals surface area contributed by atoms with Gasteiger partial charge in [-0.1, -0.05) is 13.8 Å². The summed E-state index contributed by atoms with van der Waals surface area (Å²) < 4.78 is 24.1. The highest BCUT2D eigenvalue weighted by Crippen LogP contribution is 2.36. The molecule has 0 aliphatic heterocycles. The fourth-order valence-corrected chi connectivity index (χ4v) is 2.71. The predicted molar refractivity (Wildman–Crippen MR) is 79.3 cm³/mol. The Labute approximate surface area is 125 Å². The van der Waals surface area contributed by atoms with Crippen LogP contribution in [-0.2, 0) is 4.74 Å². The number of hydrogen-bond donors (Lipinski definition) is 0. The first-order valence-electron chi connectivity index (χ1n) is 7.40. The van der Waals surface area contributed by atoms with Crippen LogP contribution < -0.4 is 4.74 Å². The molecule has 0 radical (unpaired) electrons. The number of carbonyl (C=O) groups is 1. The van der Waals surface area contributed by atoms with E-state index in [2.05, 4.69) is 13.8 Å². The maximum atomic E-state index is 13.3. The fraction of sp³-hybridized carbons (Fsp3) is 0.588. The first kappa shape index (κ1) is 16.0. The molecule has 2 rings (SSSR count). The van der Waals surface area contributed by atoms with E-state index in [-0.39, 0.29) is 24.1 Å². The molecule has 116 valence electrons. The molecule has 1 aromatic rings. The normalized spacial score (nSPS) is 18.5. The van der Waals surface area contributed by atoms with E-state index < -0.39 is 5.82 Å². The topological polar surface area (TPSA) is 35.5 Å². The summed E-state index contributed by atoms with van der Waals surface area (Å²) >= 11 is 0. The third-order valence-corrected chi connectivity index (χ3v) is 4.20. The Kier molecular flexibility index (Phi) is 4.99. The van der Waals surface area contributed by atoms with Gasteiger partial charge in [-0.25, -0.2) is 4.39 Å². The zero-order valence-corrected chi connectivity index (χ0v) is 12.9. The molecule has 0 bridgehead atoms. The van der Waals surface area contributed by atoms with Crippen molar-refractivity contribution in [3.8, 4) is 5.75 Å². The Balaban J connectivity index is 1.92. The van der Waals surface area contributed by atoms with Crippen LogP contribution in [0.1, 0.15) is 49.9 Å². The molecule has 1 aliphatic rings. The van der Waals surface area contributed by atoms with Crippen molar-refractivity contribution in [2.45, 2.75) is 45.6 Å². The summed E-state index contributed by atoms with van der Waals surface area (Å²) in [6, 6.07) is 3.94. The summed E-state index contributed by atoms with van der Waals surface area (Å²) in [6.45, 7) is 4.49. The van der Waals surface area contributed by atoms with Gasteiger partial charge in [0.05, 0.1) is 18.8 Å². The molecule has 1 saturated carbocycles. The Morgan fingerprint density at radius 2 is 2.00 bits per heavy atom. The Morgan fingerprint density at radius 1 is 1.33 bits per heavy atom. The molecule has 1 aromatic carbocycles. The molecule has 0 saturated heterocycles. The van der Waals surface area contributed by atoms with Gasteiger partial charge in [-0.05, 0) is 49.3 Å². The van der Waals surface area contributed by atoms with Crippen LogP contribution in [0.4, 0.5) is 4.39 Å². The van der Waals surface area contributed by atoms with Gasteiger partial charge < -0.3 is 9.47 Å². The summed E-state index contributed by atoms with van der Waals surface area (Å²) in [7, 11) is 1.47. The third kappa shape index (κ3) is 4.27. The summed E-state index contributed by atoms with van der Waals surface area (Å²) in [5.74, 6) is -0.301. The summed E-state index contributed by atoms with van der Waals surface area (Å²) in [6.07, 6.45) is 4.28. The van der Waals surface area contributed by atoms with E-state index in [1.165, 1.54) is 25.3 Å². The van der Waals surface area contributed by atoms with E-state index in [4.69, 9.17) is 9.47 Å². The van der Waals surface area contributed by atoms with Crippen molar-refractivity contribution in [2.75, 3.05) is 13.7 Å². The number of rotatable bonds is 5.